The minimum Gasteiger partial charge on any atom is -0.303 e. The van der Waals surface area contributed by atoms with Gasteiger partial charge in [-0.1, -0.05) is 39.2 Å². The van der Waals surface area contributed by atoms with Gasteiger partial charge in [0.05, 0.1) is 0 Å². The Bertz CT molecular complexity index is 156. The van der Waals surface area contributed by atoms with Crippen molar-refractivity contribution in [2.75, 3.05) is 19.6 Å². The van der Waals surface area contributed by atoms with E-state index in [9.17, 15) is 0 Å². The summed E-state index contributed by atoms with van der Waals surface area (Å²) in [5.41, 5.74) is 0. The van der Waals surface area contributed by atoms with E-state index in [1.165, 1.54) is 58.2 Å². The van der Waals surface area contributed by atoms with E-state index in [0.717, 1.165) is 5.92 Å². The Morgan fingerprint density at radius 2 is 1.61 bits per heavy atom. The Morgan fingerprint density at radius 3 is 2.00 bits per heavy atom. The second-order valence-electron chi connectivity index (χ2n) is 4.83. The van der Waals surface area contributed by atoms with E-state index in [4.69, 9.17) is 0 Å². The fraction of sp³-hybridized carbons (Fsp3) is 0.765. The first-order valence-electron chi connectivity index (χ1n) is 7.57. The minimum atomic E-state index is 0.961. The number of allylic oxidation sites excluding steroid dienone is 1. The standard InChI is InChI=1S/C12H25N.C3H6.C2H4/c1-3-8-12(4-2)11-13-9-6-5-7-10-13;1-3-2;1-2/h12H,3-11H2,1-2H3;3H,1H2,2H3;1-2H2. The number of hydrogen-bond donors (Lipinski definition) is 0. The van der Waals surface area contributed by atoms with Crippen LogP contribution in [-0.2, 0) is 0 Å². The molecule has 1 nitrogen and oxygen atoms in total. The van der Waals surface area contributed by atoms with Gasteiger partial charge in [0.25, 0.3) is 0 Å². The molecule has 108 valence electrons. The lowest BCUT2D eigenvalue weighted by atomic mass is 9.99. The van der Waals surface area contributed by atoms with E-state index in [1.54, 1.807) is 6.08 Å². The van der Waals surface area contributed by atoms with E-state index in [1.807, 2.05) is 6.92 Å². The Hall–Kier alpha value is -0.560. The Balaban J connectivity index is 0. The first-order chi connectivity index (χ1) is 8.78. The lowest BCUT2D eigenvalue weighted by Crippen LogP contribution is -2.34. The molecule has 0 radical (unpaired) electrons. The first kappa shape index (κ1) is 19.8. The predicted molar refractivity (Wildman–Crippen MR) is 86.1 cm³/mol. The molecule has 1 heteroatoms. The summed E-state index contributed by atoms with van der Waals surface area (Å²) in [6.07, 6.45) is 10.2. The lowest BCUT2D eigenvalue weighted by molar-refractivity contribution is 0.188. The molecule has 0 aromatic carbocycles. The maximum atomic E-state index is 3.36. The molecule has 1 fully saturated rings. The summed E-state index contributed by atoms with van der Waals surface area (Å²) in [5, 5.41) is 0. The Morgan fingerprint density at radius 1 is 1.11 bits per heavy atom. The van der Waals surface area contributed by atoms with Crippen LogP contribution in [0.15, 0.2) is 25.8 Å². The molecular formula is C17H35N. The van der Waals surface area contributed by atoms with Crippen LogP contribution in [0.2, 0.25) is 0 Å². The molecule has 0 amide bonds. The molecule has 0 N–H and O–H groups in total. The second-order valence-corrected chi connectivity index (χ2v) is 4.83. The largest absolute Gasteiger partial charge is 0.303 e. The van der Waals surface area contributed by atoms with Gasteiger partial charge in [0.1, 0.15) is 0 Å². The average Bonchev–Trinajstić information content (AvgIpc) is 2.42. The minimum absolute atomic E-state index is 0.961. The molecule has 1 rings (SSSR count). The molecule has 1 atom stereocenters. The quantitative estimate of drug-likeness (QED) is 0.601. The van der Waals surface area contributed by atoms with Crippen molar-refractivity contribution in [2.24, 2.45) is 5.92 Å². The third-order valence-electron chi connectivity index (χ3n) is 3.24. The number of nitrogens with zero attached hydrogens (tertiary/aromatic N) is 1. The molecule has 1 unspecified atom stereocenters. The van der Waals surface area contributed by atoms with E-state index in [0.29, 0.717) is 0 Å². The van der Waals surface area contributed by atoms with Crippen molar-refractivity contribution in [1.82, 2.24) is 4.90 Å². The highest BCUT2D eigenvalue weighted by atomic mass is 15.1. The van der Waals surface area contributed by atoms with Crippen molar-refractivity contribution < 1.29 is 0 Å². The van der Waals surface area contributed by atoms with Gasteiger partial charge in [0, 0.05) is 6.54 Å². The van der Waals surface area contributed by atoms with Crippen molar-refractivity contribution in [2.45, 2.75) is 59.3 Å². The summed E-state index contributed by atoms with van der Waals surface area (Å²) < 4.78 is 0. The average molecular weight is 253 g/mol. The molecule has 0 aromatic rings. The summed E-state index contributed by atoms with van der Waals surface area (Å²) in [4.78, 5) is 2.67. The second kappa shape index (κ2) is 16.4. The number of hydrogen-bond acceptors (Lipinski definition) is 1. The summed E-state index contributed by atoms with van der Waals surface area (Å²) in [5.74, 6) is 0.961. The highest BCUT2D eigenvalue weighted by molar-refractivity contribution is 4.68. The van der Waals surface area contributed by atoms with Gasteiger partial charge in [-0.15, -0.1) is 19.7 Å². The third kappa shape index (κ3) is 11.9. The van der Waals surface area contributed by atoms with Gasteiger partial charge in [-0.05, 0) is 45.2 Å². The fourth-order valence-electron chi connectivity index (χ4n) is 2.34. The Kier molecular flexibility index (Phi) is 18.1. The normalized spacial score (nSPS) is 16.6. The highest BCUT2D eigenvalue weighted by Crippen LogP contribution is 2.16. The van der Waals surface area contributed by atoms with E-state index >= 15 is 0 Å². The summed E-state index contributed by atoms with van der Waals surface area (Å²) >= 11 is 0. The number of likely N-dealkylation sites (tertiary alicyclic amines) is 1. The van der Waals surface area contributed by atoms with Crippen LogP contribution in [0.5, 0.6) is 0 Å². The zero-order chi connectivity index (χ0) is 14.2. The van der Waals surface area contributed by atoms with Crippen LogP contribution >= 0.6 is 0 Å². The molecular weight excluding hydrogens is 218 g/mol. The molecule has 1 saturated heterocycles. The van der Waals surface area contributed by atoms with Gasteiger partial charge in [-0.2, -0.15) is 0 Å². The van der Waals surface area contributed by atoms with Gasteiger partial charge < -0.3 is 4.90 Å². The maximum Gasteiger partial charge on any atom is 0.000955 e. The van der Waals surface area contributed by atoms with Crippen LogP contribution in [0, 0.1) is 5.92 Å². The first-order valence-corrected chi connectivity index (χ1v) is 7.57. The van der Waals surface area contributed by atoms with Gasteiger partial charge in [-0.25, -0.2) is 0 Å². The van der Waals surface area contributed by atoms with E-state index in [2.05, 4.69) is 38.5 Å². The predicted octanol–water partition coefficient (Wildman–Crippen LogP) is 5.29. The molecule has 0 spiro atoms. The van der Waals surface area contributed by atoms with E-state index < -0.39 is 0 Å². The number of rotatable bonds is 5. The monoisotopic (exact) mass is 253 g/mol. The third-order valence-corrected chi connectivity index (χ3v) is 3.24. The molecule has 18 heavy (non-hydrogen) atoms. The van der Waals surface area contributed by atoms with Gasteiger partial charge in [-0.3, -0.25) is 0 Å². The van der Waals surface area contributed by atoms with Crippen molar-refractivity contribution in [1.29, 1.82) is 0 Å². The van der Waals surface area contributed by atoms with Crippen LogP contribution < -0.4 is 0 Å². The van der Waals surface area contributed by atoms with Crippen molar-refractivity contribution in [3.63, 3.8) is 0 Å². The van der Waals surface area contributed by atoms with Gasteiger partial charge in [0.15, 0.2) is 0 Å². The summed E-state index contributed by atoms with van der Waals surface area (Å²) in [6.45, 7) is 20.0. The van der Waals surface area contributed by atoms with Crippen molar-refractivity contribution in [3.8, 4) is 0 Å². The molecule has 1 aliphatic rings. The zero-order valence-electron chi connectivity index (χ0n) is 13.1. The van der Waals surface area contributed by atoms with Gasteiger partial charge >= 0.3 is 0 Å². The molecule has 0 aliphatic carbocycles. The van der Waals surface area contributed by atoms with Crippen LogP contribution in [0.4, 0.5) is 0 Å². The van der Waals surface area contributed by atoms with Crippen LogP contribution in [0.1, 0.15) is 59.3 Å². The maximum absolute atomic E-state index is 3.36. The molecule has 0 aromatic heterocycles. The molecule has 1 heterocycles. The topological polar surface area (TPSA) is 3.24 Å². The fourth-order valence-corrected chi connectivity index (χ4v) is 2.34. The van der Waals surface area contributed by atoms with Crippen LogP contribution in [-0.4, -0.2) is 24.5 Å². The van der Waals surface area contributed by atoms with Crippen LogP contribution in [0.25, 0.3) is 0 Å². The summed E-state index contributed by atoms with van der Waals surface area (Å²) in [7, 11) is 0. The summed E-state index contributed by atoms with van der Waals surface area (Å²) in [6, 6.07) is 0. The van der Waals surface area contributed by atoms with Crippen molar-refractivity contribution >= 4 is 0 Å². The highest BCUT2D eigenvalue weighted by Gasteiger charge is 2.14. The smallest absolute Gasteiger partial charge is 0.000955 e. The Labute approximate surface area is 116 Å². The molecule has 0 saturated carbocycles. The number of piperidine rings is 1. The van der Waals surface area contributed by atoms with Gasteiger partial charge in [0.2, 0.25) is 0 Å². The zero-order valence-corrected chi connectivity index (χ0v) is 13.1. The lowest BCUT2D eigenvalue weighted by Gasteiger charge is -2.30. The molecule has 0 bridgehead atoms. The van der Waals surface area contributed by atoms with Crippen molar-refractivity contribution in [3.05, 3.63) is 25.8 Å². The molecule has 1 aliphatic heterocycles. The van der Waals surface area contributed by atoms with Crippen LogP contribution in [0.3, 0.4) is 0 Å². The SMILES string of the molecule is C=C.C=CC.CCCC(CC)CN1CCCCC1. The van der Waals surface area contributed by atoms with E-state index in [-0.39, 0.29) is 0 Å².